The third-order valence-electron chi connectivity index (χ3n) is 6.48. The standard InChI is InChI=1S/C24H30O4/c1-15(2)18-12-13-24(4)20(26)14-19(25)16(3)22(24)23(18)28-21(27)11-10-17-8-6-5-7-9-17/h5-11,15,18-19,23,25H,12-14H2,1-4H3/b11-10+/t18-,19-,23+,24-/m0/s1. The van der Waals surface area contributed by atoms with Crippen LogP contribution in [0.5, 0.6) is 0 Å². The van der Waals surface area contributed by atoms with Gasteiger partial charge >= 0.3 is 5.97 Å². The smallest absolute Gasteiger partial charge is 0.331 e. The van der Waals surface area contributed by atoms with Crippen molar-refractivity contribution in [2.45, 2.75) is 59.2 Å². The quantitative estimate of drug-likeness (QED) is 0.478. The van der Waals surface area contributed by atoms with Crippen molar-refractivity contribution < 1.29 is 19.4 Å². The number of hydrogen-bond donors (Lipinski definition) is 1. The van der Waals surface area contributed by atoms with E-state index in [4.69, 9.17) is 4.74 Å². The predicted octanol–water partition coefficient (Wildman–Crippen LogP) is 4.33. The summed E-state index contributed by atoms with van der Waals surface area (Å²) in [7, 11) is 0. The van der Waals surface area contributed by atoms with Gasteiger partial charge < -0.3 is 9.84 Å². The van der Waals surface area contributed by atoms with Crippen molar-refractivity contribution in [3.63, 3.8) is 0 Å². The highest BCUT2D eigenvalue weighted by molar-refractivity contribution is 5.91. The molecular weight excluding hydrogens is 352 g/mol. The van der Waals surface area contributed by atoms with Gasteiger partial charge in [0.2, 0.25) is 0 Å². The molecule has 0 heterocycles. The number of hydrogen-bond acceptors (Lipinski definition) is 4. The first-order valence-electron chi connectivity index (χ1n) is 10.1. The zero-order valence-corrected chi connectivity index (χ0v) is 17.1. The van der Waals surface area contributed by atoms with Crippen molar-refractivity contribution in [3.8, 4) is 0 Å². The average Bonchev–Trinajstić information content (AvgIpc) is 2.65. The fourth-order valence-electron chi connectivity index (χ4n) is 4.67. The summed E-state index contributed by atoms with van der Waals surface area (Å²) in [6.45, 7) is 8.04. The number of ketones is 1. The zero-order chi connectivity index (χ0) is 20.5. The predicted molar refractivity (Wildman–Crippen MR) is 109 cm³/mol. The van der Waals surface area contributed by atoms with Crippen molar-refractivity contribution in [2.24, 2.45) is 17.3 Å². The molecule has 4 atom stereocenters. The SMILES string of the molecule is CC1=C2[C@H](OC(=O)/C=C/c3ccccc3)[C@H](C(C)C)CC[C@@]2(C)C(=O)C[C@@H]1O. The molecule has 0 amide bonds. The lowest BCUT2D eigenvalue weighted by atomic mass is 9.58. The number of aliphatic hydroxyl groups is 1. The molecule has 3 rings (SSSR count). The first kappa shape index (κ1) is 20.5. The molecule has 1 aromatic carbocycles. The first-order chi connectivity index (χ1) is 13.2. The summed E-state index contributed by atoms with van der Waals surface area (Å²) in [6, 6.07) is 9.58. The number of ether oxygens (including phenoxy) is 1. The summed E-state index contributed by atoms with van der Waals surface area (Å²) in [5, 5.41) is 10.4. The summed E-state index contributed by atoms with van der Waals surface area (Å²) in [6.07, 6.45) is 3.61. The van der Waals surface area contributed by atoms with Crippen LogP contribution in [-0.4, -0.2) is 29.1 Å². The minimum atomic E-state index is -0.789. The van der Waals surface area contributed by atoms with Crippen molar-refractivity contribution in [2.75, 3.05) is 0 Å². The second kappa shape index (κ2) is 8.04. The molecule has 0 saturated heterocycles. The molecule has 2 aliphatic rings. The van der Waals surface area contributed by atoms with Crippen LogP contribution in [-0.2, 0) is 14.3 Å². The average molecular weight is 383 g/mol. The van der Waals surface area contributed by atoms with E-state index in [1.54, 1.807) is 6.08 Å². The van der Waals surface area contributed by atoms with E-state index in [0.29, 0.717) is 5.92 Å². The molecule has 28 heavy (non-hydrogen) atoms. The monoisotopic (exact) mass is 382 g/mol. The summed E-state index contributed by atoms with van der Waals surface area (Å²) in [5.74, 6) is 0.0559. The second-order valence-corrected chi connectivity index (χ2v) is 8.62. The van der Waals surface area contributed by atoms with E-state index in [1.807, 2.05) is 44.2 Å². The van der Waals surface area contributed by atoms with Gasteiger partial charge in [-0.2, -0.15) is 0 Å². The topological polar surface area (TPSA) is 63.6 Å². The Bertz CT molecular complexity index is 805. The lowest BCUT2D eigenvalue weighted by Gasteiger charge is -2.48. The van der Waals surface area contributed by atoms with Gasteiger partial charge in [-0.05, 0) is 55.4 Å². The van der Waals surface area contributed by atoms with Gasteiger partial charge in [0.15, 0.2) is 0 Å². The minimum Gasteiger partial charge on any atom is -0.454 e. The van der Waals surface area contributed by atoms with Crippen molar-refractivity contribution in [3.05, 3.63) is 53.1 Å². The fraction of sp³-hybridized carbons (Fsp3) is 0.500. The van der Waals surface area contributed by atoms with E-state index in [0.717, 1.165) is 29.6 Å². The second-order valence-electron chi connectivity index (χ2n) is 8.62. The molecule has 1 fully saturated rings. The Balaban J connectivity index is 1.92. The molecule has 2 aliphatic carbocycles. The molecular formula is C24H30O4. The summed E-state index contributed by atoms with van der Waals surface area (Å²) < 4.78 is 5.94. The Kier molecular flexibility index (Phi) is 5.90. The van der Waals surface area contributed by atoms with Crippen LogP contribution < -0.4 is 0 Å². The number of aliphatic hydroxyl groups excluding tert-OH is 1. The van der Waals surface area contributed by atoms with E-state index in [9.17, 15) is 14.7 Å². The van der Waals surface area contributed by atoms with Crippen LogP contribution in [0.2, 0.25) is 0 Å². The Morgan fingerprint density at radius 3 is 2.61 bits per heavy atom. The lowest BCUT2D eigenvalue weighted by Crippen LogP contribution is -2.50. The molecule has 0 aromatic heterocycles. The zero-order valence-electron chi connectivity index (χ0n) is 17.1. The molecule has 4 nitrogen and oxygen atoms in total. The summed E-state index contributed by atoms with van der Waals surface area (Å²) in [4.78, 5) is 25.4. The van der Waals surface area contributed by atoms with Crippen LogP contribution in [0.3, 0.4) is 0 Å². The molecule has 150 valence electrons. The van der Waals surface area contributed by atoms with Crippen LogP contribution in [0.1, 0.15) is 52.5 Å². The van der Waals surface area contributed by atoms with Gasteiger partial charge in [-0.1, -0.05) is 44.2 Å². The first-order valence-corrected chi connectivity index (χ1v) is 10.1. The Morgan fingerprint density at radius 2 is 1.96 bits per heavy atom. The molecule has 0 spiro atoms. The molecule has 0 radical (unpaired) electrons. The van der Waals surface area contributed by atoms with Gasteiger partial charge in [0.1, 0.15) is 11.9 Å². The Hall–Kier alpha value is -2.20. The van der Waals surface area contributed by atoms with Crippen LogP contribution in [0.25, 0.3) is 6.08 Å². The normalized spacial score (nSPS) is 30.6. The highest BCUT2D eigenvalue weighted by atomic mass is 16.5. The number of benzene rings is 1. The van der Waals surface area contributed by atoms with Gasteiger partial charge in [0.25, 0.3) is 0 Å². The third kappa shape index (κ3) is 3.83. The third-order valence-corrected chi connectivity index (χ3v) is 6.48. The molecule has 4 heteroatoms. The number of carbonyl (C=O) groups excluding carboxylic acids is 2. The Labute approximate surface area is 167 Å². The highest BCUT2D eigenvalue weighted by Gasteiger charge is 2.52. The van der Waals surface area contributed by atoms with Gasteiger partial charge in [-0.3, -0.25) is 4.79 Å². The van der Waals surface area contributed by atoms with Crippen molar-refractivity contribution in [1.29, 1.82) is 0 Å². The van der Waals surface area contributed by atoms with E-state index < -0.39 is 23.6 Å². The summed E-state index contributed by atoms with van der Waals surface area (Å²) in [5.41, 5.74) is 1.88. The minimum absolute atomic E-state index is 0.0451. The van der Waals surface area contributed by atoms with Gasteiger partial charge in [0.05, 0.1) is 11.5 Å². The molecule has 1 aromatic rings. The maximum Gasteiger partial charge on any atom is 0.331 e. The van der Waals surface area contributed by atoms with E-state index in [1.165, 1.54) is 6.08 Å². The number of rotatable bonds is 4. The molecule has 0 bridgehead atoms. The van der Waals surface area contributed by atoms with E-state index >= 15 is 0 Å². The van der Waals surface area contributed by atoms with Gasteiger partial charge in [-0.15, -0.1) is 0 Å². The number of carbonyl (C=O) groups is 2. The number of fused-ring (bicyclic) bond motifs is 1. The van der Waals surface area contributed by atoms with E-state index in [-0.39, 0.29) is 18.1 Å². The lowest BCUT2D eigenvalue weighted by molar-refractivity contribution is -0.150. The molecule has 1 saturated carbocycles. The fourth-order valence-corrected chi connectivity index (χ4v) is 4.67. The molecule has 1 N–H and O–H groups in total. The van der Waals surface area contributed by atoms with Crippen molar-refractivity contribution in [1.82, 2.24) is 0 Å². The highest BCUT2D eigenvalue weighted by Crippen LogP contribution is 2.51. The maximum atomic E-state index is 12.8. The molecule has 0 unspecified atom stereocenters. The number of Topliss-reactive ketones (excluding diaryl/α,β-unsaturated/α-hetero) is 1. The largest absolute Gasteiger partial charge is 0.454 e. The van der Waals surface area contributed by atoms with Crippen molar-refractivity contribution >= 4 is 17.8 Å². The van der Waals surface area contributed by atoms with Crippen LogP contribution in [0.4, 0.5) is 0 Å². The molecule has 0 aliphatic heterocycles. The van der Waals surface area contributed by atoms with E-state index in [2.05, 4.69) is 13.8 Å². The summed E-state index contributed by atoms with van der Waals surface area (Å²) >= 11 is 0. The Morgan fingerprint density at radius 1 is 1.29 bits per heavy atom. The maximum absolute atomic E-state index is 12.8. The van der Waals surface area contributed by atoms with Crippen LogP contribution in [0.15, 0.2) is 47.6 Å². The number of esters is 1. The van der Waals surface area contributed by atoms with Gasteiger partial charge in [0, 0.05) is 18.4 Å². The van der Waals surface area contributed by atoms with Gasteiger partial charge in [-0.25, -0.2) is 4.79 Å². The van der Waals surface area contributed by atoms with Crippen LogP contribution in [0, 0.1) is 17.3 Å². The van der Waals surface area contributed by atoms with Crippen LogP contribution >= 0.6 is 0 Å².